The van der Waals surface area contributed by atoms with E-state index in [4.69, 9.17) is 19.3 Å². The van der Waals surface area contributed by atoms with Crippen LogP contribution in [0.2, 0.25) is 0 Å². The molecule has 0 aromatic heterocycles. The first-order valence-electron chi connectivity index (χ1n) is 12.9. The smallest absolute Gasteiger partial charge is 0.337 e. The van der Waals surface area contributed by atoms with Crippen LogP contribution in [0.15, 0.2) is 66.4 Å². The highest BCUT2D eigenvalue weighted by atomic mass is 16.7. The molecule has 37 heavy (non-hydrogen) atoms. The summed E-state index contributed by atoms with van der Waals surface area (Å²) in [5.74, 6) is -0.306. The summed E-state index contributed by atoms with van der Waals surface area (Å²) in [5, 5.41) is 9.05. The van der Waals surface area contributed by atoms with E-state index in [0.717, 1.165) is 25.2 Å². The van der Waals surface area contributed by atoms with Gasteiger partial charge in [0.1, 0.15) is 0 Å². The second-order valence-corrected chi connectivity index (χ2v) is 9.39. The summed E-state index contributed by atoms with van der Waals surface area (Å²) in [6.45, 7) is 4.29. The fourth-order valence-corrected chi connectivity index (χ4v) is 4.66. The Kier molecular flexibility index (Phi) is 9.71. The highest BCUT2D eigenvalue weighted by molar-refractivity contribution is 5.92. The molecular formula is C29H36N2O6. The second-order valence-electron chi connectivity index (χ2n) is 9.39. The van der Waals surface area contributed by atoms with Crippen molar-refractivity contribution in [1.82, 2.24) is 9.80 Å². The van der Waals surface area contributed by atoms with Gasteiger partial charge in [0.15, 0.2) is 5.76 Å². The Balaban J connectivity index is 1.42. The van der Waals surface area contributed by atoms with E-state index in [1.54, 1.807) is 12.1 Å². The molecule has 1 N–H and O–H groups in total. The van der Waals surface area contributed by atoms with Crippen molar-refractivity contribution >= 4 is 11.9 Å². The monoisotopic (exact) mass is 508 g/mol. The molecule has 2 atom stereocenters. The van der Waals surface area contributed by atoms with Crippen molar-refractivity contribution in [2.45, 2.75) is 38.0 Å². The Labute approximate surface area is 218 Å². The van der Waals surface area contributed by atoms with Crippen LogP contribution in [0.5, 0.6) is 0 Å². The highest BCUT2D eigenvalue weighted by Gasteiger charge is 2.32. The van der Waals surface area contributed by atoms with E-state index in [1.165, 1.54) is 12.7 Å². The van der Waals surface area contributed by atoms with E-state index in [-0.39, 0.29) is 24.4 Å². The van der Waals surface area contributed by atoms with E-state index in [9.17, 15) is 9.59 Å². The zero-order chi connectivity index (χ0) is 26.0. The third-order valence-corrected chi connectivity index (χ3v) is 6.79. The number of ether oxygens (including phenoxy) is 3. The van der Waals surface area contributed by atoms with Crippen molar-refractivity contribution in [2.24, 2.45) is 0 Å². The van der Waals surface area contributed by atoms with Crippen molar-refractivity contribution in [1.29, 1.82) is 0 Å². The third kappa shape index (κ3) is 7.41. The largest absolute Gasteiger partial charge is 0.465 e. The molecular weight excluding hydrogens is 472 g/mol. The SMILES string of the molecule is COC(=O)c1ccc([C@H]2C=C(C(=O)N3CCN(Cc4ccccc4)CC3)O[C@@H](OCCCCO)C2)cc1. The van der Waals surface area contributed by atoms with Crippen LogP contribution in [-0.4, -0.2) is 79.6 Å². The molecule has 4 rings (SSSR count). The minimum absolute atomic E-state index is 0.0957. The summed E-state index contributed by atoms with van der Waals surface area (Å²) >= 11 is 0. The maximum Gasteiger partial charge on any atom is 0.337 e. The van der Waals surface area contributed by atoms with Crippen LogP contribution in [0, 0.1) is 0 Å². The molecule has 8 nitrogen and oxygen atoms in total. The standard InChI is InChI=1S/C29H36N2O6/c1-35-29(34)24-11-9-23(10-12-24)25-19-26(37-27(20-25)36-18-6-5-17-32)28(33)31-15-13-30(14-16-31)21-22-7-3-2-4-8-22/h2-4,7-12,19,25,27,32H,5-6,13-18,20-21H2,1H3/t25-,27+/m0/s1. The molecule has 0 aliphatic carbocycles. The molecule has 1 fully saturated rings. The summed E-state index contributed by atoms with van der Waals surface area (Å²) in [6, 6.07) is 17.6. The molecule has 0 saturated carbocycles. The first kappa shape index (κ1) is 26.9. The van der Waals surface area contributed by atoms with E-state index in [0.29, 0.717) is 50.3 Å². The number of hydrogen-bond acceptors (Lipinski definition) is 7. The van der Waals surface area contributed by atoms with E-state index >= 15 is 0 Å². The number of unbranched alkanes of at least 4 members (excludes halogenated alkanes) is 1. The van der Waals surface area contributed by atoms with Gasteiger partial charge in [-0.3, -0.25) is 9.69 Å². The van der Waals surface area contributed by atoms with Crippen LogP contribution in [0.4, 0.5) is 0 Å². The van der Waals surface area contributed by atoms with Crippen LogP contribution in [-0.2, 0) is 25.5 Å². The van der Waals surface area contributed by atoms with Crippen LogP contribution in [0.3, 0.4) is 0 Å². The van der Waals surface area contributed by atoms with Gasteiger partial charge in [0.25, 0.3) is 5.91 Å². The molecule has 0 radical (unpaired) electrons. The van der Waals surface area contributed by atoms with Gasteiger partial charge in [-0.05, 0) is 42.2 Å². The van der Waals surface area contributed by atoms with Gasteiger partial charge in [-0.25, -0.2) is 4.79 Å². The fraction of sp³-hybridized carbons (Fsp3) is 0.448. The van der Waals surface area contributed by atoms with E-state index in [2.05, 4.69) is 17.0 Å². The molecule has 2 aliphatic rings. The predicted octanol–water partition coefficient (Wildman–Crippen LogP) is 3.32. The summed E-state index contributed by atoms with van der Waals surface area (Å²) in [6.07, 6.45) is 3.23. The maximum absolute atomic E-state index is 13.5. The average Bonchev–Trinajstić information content (AvgIpc) is 2.95. The fourth-order valence-electron chi connectivity index (χ4n) is 4.66. The Morgan fingerprint density at radius 3 is 2.41 bits per heavy atom. The predicted molar refractivity (Wildman–Crippen MR) is 139 cm³/mol. The summed E-state index contributed by atoms with van der Waals surface area (Å²) in [5.41, 5.74) is 2.71. The van der Waals surface area contributed by atoms with Crippen LogP contribution >= 0.6 is 0 Å². The number of carbonyl (C=O) groups excluding carboxylic acids is 2. The number of carbonyl (C=O) groups is 2. The van der Waals surface area contributed by atoms with Crippen molar-refractivity contribution in [3.05, 3.63) is 83.1 Å². The number of rotatable bonds is 10. The Hall–Kier alpha value is -3.20. The topological polar surface area (TPSA) is 88.5 Å². The van der Waals surface area contributed by atoms with Gasteiger partial charge in [0.2, 0.25) is 6.29 Å². The first-order chi connectivity index (χ1) is 18.1. The number of hydrogen-bond donors (Lipinski definition) is 1. The quantitative estimate of drug-likeness (QED) is 0.389. The van der Waals surface area contributed by atoms with E-state index < -0.39 is 6.29 Å². The molecule has 8 heteroatoms. The minimum atomic E-state index is -0.563. The van der Waals surface area contributed by atoms with Gasteiger partial charge in [-0.1, -0.05) is 42.5 Å². The van der Waals surface area contributed by atoms with Gasteiger partial charge >= 0.3 is 5.97 Å². The molecule has 0 bridgehead atoms. The number of aliphatic hydroxyl groups is 1. The summed E-state index contributed by atoms with van der Waals surface area (Å²) in [4.78, 5) is 29.5. The third-order valence-electron chi connectivity index (χ3n) is 6.79. The van der Waals surface area contributed by atoms with Gasteiger partial charge in [-0.15, -0.1) is 0 Å². The van der Waals surface area contributed by atoms with Crippen molar-refractivity contribution < 1.29 is 28.9 Å². The lowest BCUT2D eigenvalue weighted by Gasteiger charge is -2.36. The Morgan fingerprint density at radius 1 is 1.00 bits per heavy atom. The van der Waals surface area contributed by atoms with Crippen molar-refractivity contribution in [2.75, 3.05) is 46.5 Å². The molecule has 1 saturated heterocycles. The highest BCUT2D eigenvalue weighted by Crippen LogP contribution is 2.32. The lowest BCUT2D eigenvalue weighted by Crippen LogP contribution is -2.49. The molecule has 2 aromatic rings. The number of esters is 1. The first-order valence-corrected chi connectivity index (χ1v) is 12.9. The Bertz CT molecular complexity index is 1050. The average molecular weight is 509 g/mol. The zero-order valence-corrected chi connectivity index (χ0v) is 21.4. The minimum Gasteiger partial charge on any atom is -0.465 e. The maximum atomic E-state index is 13.5. The number of piperazine rings is 1. The number of allylic oxidation sites excluding steroid dienone is 1. The normalized spacial score (nSPS) is 20.2. The molecule has 0 unspecified atom stereocenters. The molecule has 0 spiro atoms. The molecule has 2 aliphatic heterocycles. The van der Waals surface area contributed by atoms with Crippen LogP contribution in [0.1, 0.15) is 46.7 Å². The van der Waals surface area contributed by atoms with E-state index in [1.807, 2.05) is 41.3 Å². The van der Waals surface area contributed by atoms with Crippen molar-refractivity contribution in [3.63, 3.8) is 0 Å². The second kappa shape index (κ2) is 13.4. The molecule has 198 valence electrons. The number of benzene rings is 2. The van der Waals surface area contributed by atoms with Gasteiger partial charge in [0.05, 0.1) is 19.3 Å². The molecule has 1 amide bonds. The molecule has 2 aromatic carbocycles. The number of amides is 1. The number of methoxy groups -OCH3 is 1. The van der Waals surface area contributed by atoms with Crippen molar-refractivity contribution in [3.8, 4) is 0 Å². The molecule has 2 heterocycles. The number of aliphatic hydroxyl groups excluding tert-OH is 1. The Morgan fingerprint density at radius 2 is 1.73 bits per heavy atom. The number of nitrogens with zero attached hydrogens (tertiary/aromatic N) is 2. The summed E-state index contributed by atoms with van der Waals surface area (Å²) in [7, 11) is 1.36. The van der Waals surface area contributed by atoms with Gasteiger partial charge < -0.3 is 24.2 Å². The summed E-state index contributed by atoms with van der Waals surface area (Å²) < 4.78 is 16.8. The van der Waals surface area contributed by atoms with Crippen LogP contribution < -0.4 is 0 Å². The van der Waals surface area contributed by atoms with Crippen LogP contribution in [0.25, 0.3) is 0 Å². The lowest BCUT2D eigenvalue weighted by molar-refractivity contribution is -0.154. The van der Waals surface area contributed by atoms with Gasteiger partial charge in [0, 0.05) is 51.7 Å². The zero-order valence-electron chi connectivity index (χ0n) is 21.4. The lowest BCUT2D eigenvalue weighted by atomic mass is 9.92. The van der Waals surface area contributed by atoms with Gasteiger partial charge in [-0.2, -0.15) is 0 Å².